The Bertz CT molecular complexity index is 506. The topological polar surface area (TPSA) is 75.5 Å². The first-order chi connectivity index (χ1) is 9.54. The molecule has 1 heterocycles. The number of hydrogen-bond donors (Lipinski definition) is 1. The Hall–Kier alpha value is -1.60. The number of rotatable bonds is 5. The third-order valence-corrected chi connectivity index (χ3v) is 3.92. The van der Waals surface area contributed by atoms with Gasteiger partial charge in [0.15, 0.2) is 0 Å². The molecule has 1 saturated heterocycles. The molecule has 1 aromatic rings. The fourth-order valence-corrected chi connectivity index (χ4v) is 2.64. The van der Waals surface area contributed by atoms with Crippen molar-refractivity contribution < 1.29 is 9.72 Å². The molecule has 2 atom stereocenters. The van der Waals surface area contributed by atoms with Crippen LogP contribution in [0.3, 0.4) is 0 Å². The minimum Gasteiger partial charge on any atom is -0.321 e. The number of carbonyl (C=O) groups is 1. The van der Waals surface area contributed by atoms with Gasteiger partial charge in [0.2, 0.25) is 5.91 Å². The molecule has 0 saturated carbocycles. The molecule has 1 amide bonds. The summed E-state index contributed by atoms with van der Waals surface area (Å²) < 4.78 is 0. The molecule has 0 spiro atoms. The van der Waals surface area contributed by atoms with E-state index in [4.69, 9.17) is 0 Å². The van der Waals surface area contributed by atoms with E-state index >= 15 is 0 Å². The molecule has 2 unspecified atom stereocenters. The average Bonchev–Trinajstić information content (AvgIpc) is 2.72. The Morgan fingerprint density at radius 2 is 2.05 bits per heavy atom. The molecular formula is C13H17N3O3S. The van der Waals surface area contributed by atoms with E-state index in [-0.39, 0.29) is 23.8 Å². The number of thioether (sulfide) groups is 1. The second-order valence-corrected chi connectivity index (χ2v) is 5.65. The Balaban J connectivity index is 2.20. The predicted octanol–water partition coefficient (Wildman–Crippen LogP) is 1.78. The highest BCUT2D eigenvalue weighted by atomic mass is 32.2. The monoisotopic (exact) mass is 295 g/mol. The lowest BCUT2D eigenvalue weighted by atomic mass is 10.1. The van der Waals surface area contributed by atoms with Crippen LogP contribution >= 0.6 is 11.8 Å². The third-order valence-electron chi connectivity index (χ3n) is 3.33. The van der Waals surface area contributed by atoms with Crippen molar-refractivity contribution in [2.45, 2.75) is 19.1 Å². The van der Waals surface area contributed by atoms with Gasteiger partial charge >= 0.3 is 0 Å². The van der Waals surface area contributed by atoms with Gasteiger partial charge in [-0.2, -0.15) is 11.8 Å². The molecule has 1 aliphatic rings. The lowest BCUT2D eigenvalue weighted by Gasteiger charge is -2.24. The molecule has 1 aliphatic heterocycles. The molecule has 0 aromatic heterocycles. The number of nitro benzene ring substituents is 1. The number of non-ortho nitro benzene ring substituents is 1. The number of amides is 1. The van der Waals surface area contributed by atoms with E-state index in [2.05, 4.69) is 5.32 Å². The summed E-state index contributed by atoms with van der Waals surface area (Å²) in [4.78, 5) is 24.2. The van der Waals surface area contributed by atoms with Crippen molar-refractivity contribution in [3.05, 3.63) is 39.9 Å². The van der Waals surface area contributed by atoms with Gasteiger partial charge in [-0.15, -0.1) is 0 Å². The molecule has 0 aliphatic carbocycles. The largest absolute Gasteiger partial charge is 0.321 e. The van der Waals surface area contributed by atoms with Gasteiger partial charge in [0.1, 0.15) is 6.17 Å². The normalized spacial score (nSPS) is 22.3. The summed E-state index contributed by atoms with van der Waals surface area (Å²) >= 11 is 1.68. The first-order valence-electron chi connectivity index (χ1n) is 6.34. The van der Waals surface area contributed by atoms with Crippen LogP contribution in [0.4, 0.5) is 5.69 Å². The average molecular weight is 295 g/mol. The van der Waals surface area contributed by atoms with Crippen molar-refractivity contribution in [1.29, 1.82) is 0 Å². The van der Waals surface area contributed by atoms with Crippen molar-refractivity contribution in [2.75, 3.05) is 18.6 Å². The molecule has 0 bridgehead atoms. The van der Waals surface area contributed by atoms with Crippen molar-refractivity contribution in [1.82, 2.24) is 10.2 Å². The molecule has 108 valence electrons. The lowest BCUT2D eigenvalue weighted by Crippen LogP contribution is -2.32. The van der Waals surface area contributed by atoms with E-state index in [9.17, 15) is 14.9 Å². The van der Waals surface area contributed by atoms with E-state index in [1.54, 1.807) is 28.8 Å². The maximum absolute atomic E-state index is 12.1. The standard InChI is InChI=1S/C13H17N3O3S/c1-9-13(17)15(7-8-20-2)12(14-9)10-3-5-11(6-4-10)16(18)19/h3-6,9,12,14H,7-8H2,1-2H3. The highest BCUT2D eigenvalue weighted by molar-refractivity contribution is 7.98. The van der Waals surface area contributed by atoms with Crippen LogP contribution in [0.15, 0.2) is 24.3 Å². The van der Waals surface area contributed by atoms with Crippen LogP contribution in [0.1, 0.15) is 18.7 Å². The minimum absolute atomic E-state index is 0.0572. The number of carbonyl (C=O) groups excluding carboxylic acids is 1. The van der Waals surface area contributed by atoms with Crippen LogP contribution in [0.25, 0.3) is 0 Å². The maximum Gasteiger partial charge on any atom is 0.269 e. The second-order valence-electron chi connectivity index (χ2n) is 4.66. The summed E-state index contributed by atoms with van der Waals surface area (Å²) in [7, 11) is 0. The first-order valence-corrected chi connectivity index (χ1v) is 7.74. The number of benzene rings is 1. The number of nitro groups is 1. The van der Waals surface area contributed by atoms with Gasteiger partial charge < -0.3 is 4.90 Å². The lowest BCUT2D eigenvalue weighted by molar-refractivity contribution is -0.384. The predicted molar refractivity (Wildman–Crippen MR) is 78.5 cm³/mol. The van der Waals surface area contributed by atoms with Crippen LogP contribution in [-0.4, -0.2) is 40.3 Å². The zero-order chi connectivity index (χ0) is 14.7. The first kappa shape index (κ1) is 14.8. The number of nitrogens with zero attached hydrogens (tertiary/aromatic N) is 2. The van der Waals surface area contributed by atoms with Gasteiger partial charge in [-0.1, -0.05) is 0 Å². The number of nitrogens with one attached hydrogen (secondary N) is 1. The number of hydrogen-bond acceptors (Lipinski definition) is 5. The molecule has 1 N–H and O–H groups in total. The Morgan fingerprint density at radius 3 is 2.60 bits per heavy atom. The summed E-state index contributed by atoms with van der Waals surface area (Å²) in [6, 6.07) is 6.12. The second kappa shape index (κ2) is 6.23. The molecule has 2 rings (SSSR count). The molecule has 0 radical (unpaired) electrons. The zero-order valence-corrected chi connectivity index (χ0v) is 12.2. The summed E-state index contributed by atoms with van der Waals surface area (Å²) in [6.07, 6.45) is 1.80. The quantitative estimate of drug-likeness (QED) is 0.662. The van der Waals surface area contributed by atoms with Gasteiger partial charge in [-0.3, -0.25) is 20.2 Å². The minimum atomic E-state index is -0.425. The SMILES string of the molecule is CSCCN1C(=O)C(C)NC1c1ccc([N+](=O)[O-])cc1. The molecular weight excluding hydrogens is 278 g/mol. The van der Waals surface area contributed by atoms with Crippen LogP contribution < -0.4 is 5.32 Å². The van der Waals surface area contributed by atoms with E-state index in [0.29, 0.717) is 6.54 Å². The van der Waals surface area contributed by atoms with E-state index in [1.807, 2.05) is 13.2 Å². The smallest absolute Gasteiger partial charge is 0.269 e. The molecule has 6 nitrogen and oxygen atoms in total. The van der Waals surface area contributed by atoms with Crippen LogP contribution in [0.5, 0.6) is 0 Å². The van der Waals surface area contributed by atoms with Crippen molar-refractivity contribution in [3.8, 4) is 0 Å². The van der Waals surface area contributed by atoms with Crippen LogP contribution in [-0.2, 0) is 4.79 Å². The highest BCUT2D eigenvalue weighted by Gasteiger charge is 2.36. The fraction of sp³-hybridized carbons (Fsp3) is 0.462. The van der Waals surface area contributed by atoms with Crippen LogP contribution in [0.2, 0.25) is 0 Å². The van der Waals surface area contributed by atoms with Gasteiger partial charge in [0.05, 0.1) is 11.0 Å². The van der Waals surface area contributed by atoms with Crippen molar-refractivity contribution in [3.63, 3.8) is 0 Å². The fourth-order valence-electron chi connectivity index (χ4n) is 2.26. The Kier molecular flexibility index (Phi) is 4.61. The van der Waals surface area contributed by atoms with Crippen molar-refractivity contribution >= 4 is 23.4 Å². The summed E-state index contributed by atoms with van der Waals surface area (Å²) in [5, 5.41) is 13.9. The van der Waals surface area contributed by atoms with Gasteiger partial charge in [-0.25, -0.2) is 0 Å². The summed E-state index contributed by atoms with van der Waals surface area (Å²) in [5.74, 6) is 0.936. The zero-order valence-electron chi connectivity index (χ0n) is 11.4. The highest BCUT2D eigenvalue weighted by Crippen LogP contribution is 2.26. The molecule has 1 fully saturated rings. The summed E-state index contributed by atoms with van der Waals surface area (Å²) in [5.41, 5.74) is 0.927. The van der Waals surface area contributed by atoms with E-state index in [0.717, 1.165) is 11.3 Å². The van der Waals surface area contributed by atoms with Gasteiger partial charge in [0, 0.05) is 24.4 Å². The summed E-state index contributed by atoms with van der Waals surface area (Å²) in [6.45, 7) is 2.50. The van der Waals surface area contributed by atoms with E-state index in [1.165, 1.54) is 12.1 Å². The Morgan fingerprint density at radius 1 is 1.40 bits per heavy atom. The molecule has 7 heteroatoms. The van der Waals surface area contributed by atoms with Gasteiger partial charge in [0.25, 0.3) is 5.69 Å². The Labute approximate surface area is 121 Å². The van der Waals surface area contributed by atoms with E-state index < -0.39 is 4.92 Å². The van der Waals surface area contributed by atoms with Crippen LogP contribution in [0, 0.1) is 10.1 Å². The molecule has 20 heavy (non-hydrogen) atoms. The molecule has 1 aromatic carbocycles. The van der Waals surface area contributed by atoms with Gasteiger partial charge in [-0.05, 0) is 30.9 Å². The maximum atomic E-state index is 12.1. The third kappa shape index (κ3) is 2.94. The van der Waals surface area contributed by atoms with Crippen molar-refractivity contribution in [2.24, 2.45) is 0 Å².